The smallest absolute Gasteiger partial charge is 0.318 e. The summed E-state index contributed by atoms with van der Waals surface area (Å²) in [5.74, 6) is 0.630. The molecule has 2 aliphatic rings. The highest BCUT2D eigenvalue weighted by atomic mass is 35.5. The first-order valence-electron chi connectivity index (χ1n) is 7.08. The topological polar surface area (TPSA) is 46.5 Å². The molecule has 1 aromatic rings. The maximum Gasteiger partial charge on any atom is 0.318 e. The van der Waals surface area contributed by atoms with Crippen LogP contribution >= 0.6 is 11.6 Å². The fourth-order valence-corrected chi connectivity index (χ4v) is 3.03. The SMILES string of the molecule is Cn1cc(Cl)cc1CNC(=O)N1CCOCC1C1CC1. The van der Waals surface area contributed by atoms with E-state index in [1.807, 2.05) is 28.8 Å². The lowest BCUT2D eigenvalue weighted by molar-refractivity contribution is 0.00461. The molecule has 1 unspecified atom stereocenters. The van der Waals surface area contributed by atoms with Crippen molar-refractivity contribution >= 4 is 17.6 Å². The highest BCUT2D eigenvalue weighted by Gasteiger charge is 2.39. The predicted octanol–water partition coefficient (Wildman–Crippen LogP) is 2.00. The molecule has 1 aromatic heterocycles. The van der Waals surface area contributed by atoms with Crippen LogP contribution in [-0.4, -0.2) is 41.3 Å². The van der Waals surface area contributed by atoms with Crippen LogP contribution in [0.25, 0.3) is 0 Å². The van der Waals surface area contributed by atoms with Crippen LogP contribution in [0.4, 0.5) is 4.79 Å². The van der Waals surface area contributed by atoms with Crippen molar-refractivity contribution < 1.29 is 9.53 Å². The fourth-order valence-electron chi connectivity index (χ4n) is 2.76. The molecule has 1 atom stereocenters. The Morgan fingerprint density at radius 3 is 3.00 bits per heavy atom. The van der Waals surface area contributed by atoms with Gasteiger partial charge in [-0.3, -0.25) is 0 Å². The first-order chi connectivity index (χ1) is 9.65. The van der Waals surface area contributed by atoms with Crippen molar-refractivity contribution in [3.05, 3.63) is 23.0 Å². The quantitative estimate of drug-likeness (QED) is 0.927. The number of nitrogens with one attached hydrogen (secondary N) is 1. The Hall–Kier alpha value is -1.20. The number of carbonyl (C=O) groups is 1. The summed E-state index contributed by atoms with van der Waals surface area (Å²) in [5, 5.41) is 3.68. The Balaban J connectivity index is 1.59. The van der Waals surface area contributed by atoms with Crippen molar-refractivity contribution in [2.45, 2.75) is 25.4 Å². The molecule has 1 saturated carbocycles. The van der Waals surface area contributed by atoms with E-state index in [4.69, 9.17) is 16.3 Å². The zero-order chi connectivity index (χ0) is 14.1. The molecule has 1 aliphatic carbocycles. The van der Waals surface area contributed by atoms with Crippen LogP contribution in [0.15, 0.2) is 12.3 Å². The third-order valence-corrected chi connectivity index (χ3v) is 4.29. The molecule has 1 N–H and O–H groups in total. The van der Waals surface area contributed by atoms with Crippen LogP contribution in [0.3, 0.4) is 0 Å². The molecule has 1 saturated heterocycles. The van der Waals surface area contributed by atoms with Crippen LogP contribution in [0.5, 0.6) is 0 Å². The number of morpholine rings is 1. The average Bonchev–Trinajstić information content (AvgIpc) is 3.22. The van der Waals surface area contributed by atoms with Crippen molar-refractivity contribution in [1.82, 2.24) is 14.8 Å². The van der Waals surface area contributed by atoms with Crippen LogP contribution in [0.1, 0.15) is 18.5 Å². The van der Waals surface area contributed by atoms with Crippen molar-refractivity contribution in [3.8, 4) is 0 Å². The van der Waals surface area contributed by atoms with Gasteiger partial charge in [-0.05, 0) is 24.8 Å². The van der Waals surface area contributed by atoms with E-state index in [2.05, 4.69) is 5.32 Å². The highest BCUT2D eigenvalue weighted by Crippen LogP contribution is 2.36. The summed E-state index contributed by atoms with van der Waals surface area (Å²) in [5.41, 5.74) is 1.000. The second kappa shape index (κ2) is 5.66. The molecule has 3 rings (SSSR count). The van der Waals surface area contributed by atoms with Crippen molar-refractivity contribution in [3.63, 3.8) is 0 Å². The van der Waals surface area contributed by atoms with Crippen LogP contribution in [0.2, 0.25) is 5.02 Å². The van der Waals surface area contributed by atoms with Gasteiger partial charge in [0.15, 0.2) is 0 Å². The normalized spacial score (nSPS) is 22.9. The third kappa shape index (κ3) is 2.94. The number of aryl methyl sites for hydroxylation is 1. The van der Waals surface area contributed by atoms with Crippen LogP contribution in [-0.2, 0) is 18.3 Å². The number of aromatic nitrogens is 1. The first kappa shape index (κ1) is 13.8. The number of hydrogen-bond acceptors (Lipinski definition) is 2. The maximum atomic E-state index is 12.3. The van der Waals surface area contributed by atoms with E-state index in [0.29, 0.717) is 37.2 Å². The lowest BCUT2D eigenvalue weighted by atomic mass is 10.1. The van der Waals surface area contributed by atoms with Gasteiger partial charge in [0.1, 0.15) is 0 Å². The maximum absolute atomic E-state index is 12.3. The molecule has 0 radical (unpaired) electrons. The minimum absolute atomic E-state index is 0.00234. The van der Waals surface area contributed by atoms with Gasteiger partial charge in [0.25, 0.3) is 0 Å². The molecule has 110 valence electrons. The van der Waals surface area contributed by atoms with E-state index in [9.17, 15) is 4.79 Å². The number of rotatable bonds is 3. The van der Waals surface area contributed by atoms with Gasteiger partial charge < -0.3 is 19.5 Å². The van der Waals surface area contributed by atoms with Crippen molar-refractivity contribution in [1.29, 1.82) is 0 Å². The Morgan fingerprint density at radius 1 is 1.55 bits per heavy atom. The zero-order valence-electron chi connectivity index (χ0n) is 11.6. The van der Waals surface area contributed by atoms with Gasteiger partial charge in [-0.15, -0.1) is 0 Å². The fraction of sp³-hybridized carbons (Fsp3) is 0.643. The molecule has 5 nitrogen and oxygen atoms in total. The van der Waals surface area contributed by atoms with Crippen molar-refractivity contribution in [2.24, 2.45) is 13.0 Å². The second-order valence-corrected chi connectivity index (χ2v) is 6.03. The van der Waals surface area contributed by atoms with Gasteiger partial charge in [-0.1, -0.05) is 11.6 Å². The van der Waals surface area contributed by atoms with E-state index in [0.717, 1.165) is 5.69 Å². The number of amides is 2. The summed E-state index contributed by atoms with van der Waals surface area (Å²) in [6.07, 6.45) is 4.27. The monoisotopic (exact) mass is 297 g/mol. The zero-order valence-corrected chi connectivity index (χ0v) is 12.4. The Morgan fingerprint density at radius 2 is 2.35 bits per heavy atom. The molecule has 0 spiro atoms. The van der Waals surface area contributed by atoms with E-state index in [1.54, 1.807) is 0 Å². The minimum Gasteiger partial charge on any atom is -0.377 e. The molecule has 20 heavy (non-hydrogen) atoms. The van der Waals surface area contributed by atoms with E-state index < -0.39 is 0 Å². The molecule has 6 heteroatoms. The number of ether oxygens (including phenoxy) is 1. The summed E-state index contributed by atoms with van der Waals surface area (Å²) < 4.78 is 7.44. The number of urea groups is 1. The summed E-state index contributed by atoms with van der Waals surface area (Å²) in [6, 6.07) is 2.13. The van der Waals surface area contributed by atoms with Gasteiger partial charge in [0.2, 0.25) is 0 Å². The summed E-state index contributed by atoms with van der Waals surface area (Å²) in [4.78, 5) is 14.3. The van der Waals surface area contributed by atoms with Gasteiger partial charge in [0, 0.05) is 25.5 Å². The molecule has 2 heterocycles. The Kier molecular flexibility index (Phi) is 3.89. The number of carbonyl (C=O) groups excluding carboxylic acids is 1. The lowest BCUT2D eigenvalue weighted by Crippen LogP contribution is -2.53. The lowest BCUT2D eigenvalue weighted by Gasteiger charge is -2.35. The summed E-state index contributed by atoms with van der Waals surface area (Å²) in [6.45, 7) is 2.48. The van der Waals surface area contributed by atoms with E-state index >= 15 is 0 Å². The minimum atomic E-state index is 0.00234. The van der Waals surface area contributed by atoms with Gasteiger partial charge in [0.05, 0.1) is 30.8 Å². The predicted molar refractivity (Wildman–Crippen MR) is 76.7 cm³/mol. The second-order valence-electron chi connectivity index (χ2n) is 5.59. The molecular weight excluding hydrogens is 278 g/mol. The number of halogens is 1. The first-order valence-corrected chi connectivity index (χ1v) is 7.46. The van der Waals surface area contributed by atoms with Gasteiger partial charge in [-0.25, -0.2) is 4.79 Å². The average molecular weight is 298 g/mol. The standard InChI is InChI=1S/C14H20ClN3O2/c1-17-8-11(15)6-12(17)7-16-14(19)18-4-5-20-9-13(18)10-2-3-10/h6,8,10,13H,2-5,7,9H2,1H3,(H,16,19). The molecule has 1 aliphatic heterocycles. The molecule has 2 fully saturated rings. The van der Waals surface area contributed by atoms with Crippen LogP contribution in [0, 0.1) is 5.92 Å². The molecular formula is C14H20ClN3O2. The molecule has 0 aromatic carbocycles. The third-order valence-electron chi connectivity index (χ3n) is 4.09. The van der Waals surface area contributed by atoms with E-state index in [-0.39, 0.29) is 12.1 Å². The summed E-state index contributed by atoms with van der Waals surface area (Å²) in [7, 11) is 1.93. The number of nitrogens with zero attached hydrogens (tertiary/aromatic N) is 2. The molecule has 2 amide bonds. The van der Waals surface area contributed by atoms with Crippen LogP contribution < -0.4 is 5.32 Å². The molecule has 0 bridgehead atoms. The van der Waals surface area contributed by atoms with Gasteiger partial charge in [-0.2, -0.15) is 0 Å². The van der Waals surface area contributed by atoms with Crippen molar-refractivity contribution in [2.75, 3.05) is 19.8 Å². The van der Waals surface area contributed by atoms with Gasteiger partial charge >= 0.3 is 6.03 Å². The Bertz CT molecular complexity index is 499. The number of hydrogen-bond donors (Lipinski definition) is 1. The largest absolute Gasteiger partial charge is 0.377 e. The van der Waals surface area contributed by atoms with E-state index in [1.165, 1.54) is 12.8 Å². The summed E-state index contributed by atoms with van der Waals surface area (Å²) >= 11 is 5.94. The Labute approximate surface area is 123 Å². The highest BCUT2D eigenvalue weighted by molar-refractivity contribution is 6.30.